The lowest BCUT2D eigenvalue weighted by molar-refractivity contribution is 0.452. The van der Waals surface area contributed by atoms with Crippen molar-refractivity contribution in [3.63, 3.8) is 0 Å². The molecule has 0 aliphatic carbocycles. The first-order valence-electron chi connectivity index (χ1n) is 5.40. The molecule has 0 aliphatic heterocycles. The van der Waals surface area contributed by atoms with Gasteiger partial charge in [0.2, 0.25) is 0 Å². The number of aromatic nitrogens is 1. The van der Waals surface area contributed by atoms with Gasteiger partial charge in [-0.15, -0.1) is 0 Å². The Morgan fingerprint density at radius 3 is 2.39 bits per heavy atom. The molecule has 3 N–H and O–H groups in total. The summed E-state index contributed by atoms with van der Waals surface area (Å²) < 4.78 is 39.8. The molecule has 1 aromatic heterocycles. The summed E-state index contributed by atoms with van der Waals surface area (Å²) in [4.78, 5) is 3.90. The Morgan fingerprint density at radius 2 is 1.83 bits per heavy atom. The van der Waals surface area contributed by atoms with Crippen LogP contribution in [0.15, 0.2) is 12.1 Å². The van der Waals surface area contributed by atoms with Crippen LogP contribution in [-0.4, -0.2) is 4.98 Å². The van der Waals surface area contributed by atoms with E-state index >= 15 is 0 Å². The lowest BCUT2D eigenvalue weighted by Gasteiger charge is -2.13. The first kappa shape index (κ1) is 12.6. The molecule has 18 heavy (non-hydrogen) atoms. The highest BCUT2D eigenvalue weighted by Crippen LogP contribution is 2.29. The number of benzene rings is 1. The topological polar surface area (TPSA) is 50.9 Å². The van der Waals surface area contributed by atoms with Crippen molar-refractivity contribution in [2.45, 2.75) is 19.8 Å². The molecule has 96 valence electrons. The van der Waals surface area contributed by atoms with Crippen molar-refractivity contribution in [3.05, 3.63) is 35.1 Å². The molecule has 0 amide bonds. The van der Waals surface area contributed by atoms with Crippen LogP contribution in [0.1, 0.15) is 25.3 Å². The minimum absolute atomic E-state index is 0.0594. The molecule has 0 fully saturated rings. The molecular formula is C12H12F3N3. The summed E-state index contributed by atoms with van der Waals surface area (Å²) in [6, 6.07) is 2.47. The maximum Gasteiger partial charge on any atom is 0.196 e. The number of hydrogen-bond donors (Lipinski definition) is 2. The second-order valence-electron chi connectivity index (χ2n) is 4.28. The molecule has 0 spiro atoms. The zero-order valence-electron chi connectivity index (χ0n) is 9.89. The van der Waals surface area contributed by atoms with Gasteiger partial charge in [0, 0.05) is 5.39 Å². The third-order valence-corrected chi connectivity index (χ3v) is 2.73. The first-order valence-corrected chi connectivity index (χ1v) is 5.40. The Balaban J connectivity index is 2.83. The fraction of sp³-hybridized carbons (Fsp3) is 0.250. The zero-order valence-corrected chi connectivity index (χ0v) is 9.89. The van der Waals surface area contributed by atoms with Gasteiger partial charge in [0.15, 0.2) is 17.5 Å². The largest absolute Gasteiger partial charge is 0.308 e. The summed E-state index contributed by atoms with van der Waals surface area (Å²) in [5.41, 5.74) is 2.80. The summed E-state index contributed by atoms with van der Waals surface area (Å²) in [7, 11) is 0. The standard InChI is InChI=1S/C12H12F3N3/c1-5(2)7-3-6-4-8(13)9(14)10(15)11(6)17-12(7)18-16/h3-5H,16H2,1-2H3,(H,17,18). The molecule has 0 aliphatic rings. The minimum Gasteiger partial charge on any atom is -0.308 e. The lowest BCUT2D eigenvalue weighted by Crippen LogP contribution is -2.12. The van der Waals surface area contributed by atoms with Gasteiger partial charge < -0.3 is 5.43 Å². The van der Waals surface area contributed by atoms with E-state index in [1.807, 2.05) is 13.8 Å². The average Bonchev–Trinajstić information content (AvgIpc) is 2.34. The average molecular weight is 255 g/mol. The third kappa shape index (κ3) is 1.88. The maximum atomic E-state index is 13.6. The van der Waals surface area contributed by atoms with Crippen molar-refractivity contribution in [2.24, 2.45) is 5.84 Å². The molecule has 0 saturated heterocycles. The number of halogens is 3. The van der Waals surface area contributed by atoms with Crippen molar-refractivity contribution in [1.82, 2.24) is 4.98 Å². The number of rotatable bonds is 2. The van der Waals surface area contributed by atoms with E-state index < -0.39 is 17.5 Å². The van der Waals surface area contributed by atoms with Crippen LogP contribution in [0.3, 0.4) is 0 Å². The SMILES string of the molecule is CC(C)c1cc2cc(F)c(F)c(F)c2nc1NN. The van der Waals surface area contributed by atoms with E-state index in [-0.39, 0.29) is 22.6 Å². The van der Waals surface area contributed by atoms with Gasteiger partial charge in [0.05, 0.1) is 0 Å². The fourth-order valence-corrected chi connectivity index (χ4v) is 1.80. The van der Waals surface area contributed by atoms with Crippen molar-refractivity contribution in [1.29, 1.82) is 0 Å². The Morgan fingerprint density at radius 1 is 1.17 bits per heavy atom. The van der Waals surface area contributed by atoms with Crippen LogP contribution in [0.5, 0.6) is 0 Å². The van der Waals surface area contributed by atoms with Crippen LogP contribution < -0.4 is 11.3 Å². The predicted molar refractivity (Wildman–Crippen MR) is 63.5 cm³/mol. The maximum absolute atomic E-state index is 13.6. The molecule has 1 heterocycles. The van der Waals surface area contributed by atoms with Gasteiger partial charge in [0.25, 0.3) is 0 Å². The smallest absolute Gasteiger partial charge is 0.196 e. The molecule has 6 heteroatoms. The second-order valence-corrected chi connectivity index (χ2v) is 4.28. The van der Waals surface area contributed by atoms with Crippen LogP contribution in [0, 0.1) is 17.5 Å². The summed E-state index contributed by atoms with van der Waals surface area (Å²) in [5.74, 6) is 1.53. The summed E-state index contributed by atoms with van der Waals surface area (Å²) in [6.45, 7) is 3.78. The highest BCUT2D eigenvalue weighted by molar-refractivity contribution is 5.82. The Kier molecular flexibility index (Phi) is 3.13. The first-order chi connectivity index (χ1) is 8.45. The number of fused-ring (bicyclic) bond motifs is 1. The van der Waals surface area contributed by atoms with E-state index in [0.29, 0.717) is 5.56 Å². The van der Waals surface area contributed by atoms with Crippen LogP contribution in [0.25, 0.3) is 10.9 Å². The normalized spacial score (nSPS) is 11.3. The van der Waals surface area contributed by atoms with Crippen molar-refractivity contribution in [3.8, 4) is 0 Å². The summed E-state index contributed by atoms with van der Waals surface area (Å²) in [5, 5.41) is 0.203. The van der Waals surface area contributed by atoms with Crippen molar-refractivity contribution < 1.29 is 13.2 Å². The highest BCUT2D eigenvalue weighted by atomic mass is 19.2. The van der Waals surface area contributed by atoms with Gasteiger partial charge in [-0.2, -0.15) is 0 Å². The number of nitrogen functional groups attached to an aromatic ring is 1. The van der Waals surface area contributed by atoms with E-state index in [4.69, 9.17) is 5.84 Å². The number of nitrogens with two attached hydrogens (primary N) is 1. The lowest BCUT2D eigenvalue weighted by atomic mass is 10.0. The molecule has 2 rings (SSSR count). The monoisotopic (exact) mass is 255 g/mol. The van der Waals surface area contributed by atoms with Gasteiger partial charge in [-0.25, -0.2) is 24.0 Å². The molecule has 0 unspecified atom stereocenters. The van der Waals surface area contributed by atoms with Crippen molar-refractivity contribution >= 4 is 16.7 Å². The Hall–Kier alpha value is -1.82. The van der Waals surface area contributed by atoms with Gasteiger partial charge in [-0.3, -0.25) is 0 Å². The van der Waals surface area contributed by atoms with Gasteiger partial charge >= 0.3 is 0 Å². The molecule has 0 radical (unpaired) electrons. The number of anilines is 1. The van der Waals surface area contributed by atoms with Gasteiger partial charge in [-0.1, -0.05) is 13.8 Å². The zero-order chi connectivity index (χ0) is 13.4. The second kappa shape index (κ2) is 4.45. The molecule has 3 nitrogen and oxygen atoms in total. The minimum atomic E-state index is -1.53. The predicted octanol–water partition coefficient (Wildman–Crippen LogP) is 3.06. The number of nitrogens with one attached hydrogen (secondary N) is 1. The van der Waals surface area contributed by atoms with Crippen LogP contribution in [0.2, 0.25) is 0 Å². The number of nitrogens with zero attached hydrogens (tertiary/aromatic N) is 1. The number of hydrazine groups is 1. The van der Waals surface area contributed by atoms with Crippen LogP contribution in [0.4, 0.5) is 19.0 Å². The van der Waals surface area contributed by atoms with E-state index in [1.54, 1.807) is 6.07 Å². The molecule has 0 atom stereocenters. The Bertz CT molecular complexity index is 611. The van der Waals surface area contributed by atoms with E-state index in [2.05, 4.69) is 10.4 Å². The van der Waals surface area contributed by atoms with E-state index in [9.17, 15) is 13.2 Å². The van der Waals surface area contributed by atoms with E-state index in [1.165, 1.54) is 0 Å². The molecule has 0 bridgehead atoms. The van der Waals surface area contributed by atoms with Crippen LogP contribution >= 0.6 is 0 Å². The molecule has 0 saturated carbocycles. The number of pyridine rings is 1. The number of hydrogen-bond acceptors (Lipinski definition) is 3. The highest BCUT2D eigenvalue weighted by Gasteiger charge is 2.17. The molecular weight excluding hydrogens is 243 g/mol. The molecule has 1 aromatic carbocycles. The Labute approximate surface area is 102 Å². The molecule has 2 aromatic rings. The third-order valence-electron chi connectivity index (χ3n) is 2.73. The summed E-state index contributed by atoms with van der Waals surface area (Å²) >= 11 is 0. The van der Waals surface area contributed by atoms with Crippen LogP contribution in [-0.2, 0) is 0 Å². The summed E-state index contributed by atoms with van der Waals surface area (Å²) in [6.07, 6.45) is 0. The van der Waals surface area contributed by atoms with Crippen molar-refractivity contribution in [2.75, 3.05) is 5.43 Å². The van der Waals surface area contributed by atoms with E-state index in [0.717, 1.165) is 6.07 Å². The van der Waals surface area contributed by atoms with Gasteiger partial charge in [0.1, 0.15) is 11.3 Å². The fourth-order valence-electron chi connectivity index (χ4n) is 1.80. The quantitative estimate of drug-likeness (QED) is 0.492. The van der Waals surface area contributed by atoms with Gasteiger partial charge in [-0.05, 0) is 23.6 Å².